The Morgan fingerprint density at radius 2 is 1.62 bits per heavy atom. The van der Waals surface area contributed by atoms with E-state index in [-0.39, 0.29) is 17.1 Å². The van der Waals surface area contributed by atoms with Gasteiger partial charge in [-0.15, -0.1) is 0 Å². The van der Waals surface area contributed by atoms with Gasteiger partial charge in [-0.25, -0.2) is 0 Å². The van der Waals surface area contributed by atoms with Crippen molar-refractivity contribution in [3.63, 3.8) is 0 Å². The lowest BCUT2D eigenvalue weighted by atomic mass is 10.2. The van der Waals surface area contributed by atoms with Crippen molar-refractivity contribution < 1.29 is 13.9 Å². The smallest absolute Gasteiger partial charge is 0.289 e. The number of carbonyl (C=O) groups is 1. The number of ether oxygens (including phenoxy) is 1. The average Bonchev–Trinajstić information content (AvgIpc) is 2.60. The zero-order valence-electron chi connectivity index (χ0n) is 14.2. The van der Waals surface area contributed by atoms with Crippen molar-refractivity contribution in [3.8, 4) is 0 Å². The van der Waals surface area contributed by atoms with E-state index < -0.39 is 0 Å². The lowest BCUT2D eigenvalue weighted by Gasteiger charge is -2.36. The molecule has 2 saturated heterocycles. The molecule has 0 bridgehead atoms. The molecule has 2 fully saturated rings. The molecule has 0 unspecified atom stereocenters. The lowest BCUT2D eigenvalue weighted by molar-refractivity contribution is 0.0290. The molecule has 24 heavy (non-hydrogen) atoms. The zero-order valence-corrected chi connectivity index (χ0v) is 14.2. The monoisotopic (exact) mass is 335 g/mol. The summed E-state index contributed by atoms with van der Waals surface area (Å²) >= 11 is 0. The molecule has 0 spiro atoms. The van der Waals surface area contributed by atoms with Crippen LogP contribution >= 0.6 is 0 Å². The summed E-state index contributed by atoms with van der Waals surface area (Å²) in [5.74, 6) is 0.417. The highest BCUT2D eigenvalue weighted by atomic mass is 16.5. The molecule has 1 amide bonds. The second-order valence-electron chi connectivity index (χ2n) is 6.36. The molecule has 0 radical (unpaired) electrons. The van der Waals surface area contributed by atoms with Crippen LogP contribution in [0.3, 0.4) is 0 Å². The van der Waals surface area contributed by atoms with Gasteiger partial charge in [-0.3, -0.25) is 19.4 Å². The Labute approximate surface area is 141 Å². The van der Waals surface area contributed by atoms with E-state index in [2.05, 4.69) is 9.80 Å². The average molecular weight is 335 g/mol. The highest BCUT2D eigenvalue weighted by molar-refractivity contribution is 5.91. The van der Waals surface area contributed by atoms with Gasteiger partial charge in [0.1, 0.15) is 5.76 Å². The van der Waals surface area contributed by atoms with Gasteiger partial charge < -0.3 is 14.1 Å². The number of amides is 1. The molecule has 1 aromatic rings. The first-order chi connectivity index (χ1) is 11.6. The van der Waals surface area contributed by atoms with Gasteiger partial charge >= 0.3 is 0 Å². The Balaban J connectivity index is 1.47. The third kappa shape index (κ3) is 4.43. The van der Waals surface area contributed by atoms with Crippen LogP contribution in [0, 0.1) is 6.92 Å². The van der Waals surface area contributed by atoms with Crippen LogP contribution in [0.4, 0.5) is 0 Å². The molecule has 0 aromatic carbocycles. The first kappa shape index (κ1) is 17.1. The Kier molecular flexibility index (Phi) is 5.65. The summed E-state index contributed by atoms with van der Waals surface area (Å²) in [4.78, 5) is 30.6. The summed E-state index contributed by atoms with van der Waals surface area (Å²) in [5, 5.41) is 0. The van der Waals surface area contributed by atoms with Crippen molar-refractivity contribution >= 4 is 5.91 Å². The summed E-state index contributed by atoms with van der Waals surface area (Å²) < 4.78 is 10.8. The van der Waals surface area contributed by atoms with E-state index >= 15 is 0 Å². The van der Waals surface area contributed by atoms with Crippen molar-refractivity contribution in [1.82, 2.24) is 14.7 Å². The molecule has 3 rings (SSSR count). The van der Waals surface area contributed by atoms with Gasteiger partial charge in [-0.2, -0.15) is 0 Å². The molecule has 7 heteroatoms. The van der Waals surface area contributed by atoms with E-state index in [0.717, 1.165) is 52.5 Å². The number of morpholine rings is 1. The van der Waals surface area contributed by atoms with Crippen LogP contribution in [-0.4, -0.2) is 86.2 Å². The Morgan fingerprint density at radius 1 is 1.00 bits per heavy atom. The van der Waals surface area contributed by atoms with E-state index in [1.807, 2.05) is 0 Å². The second kappa shape index (κ2) is 7.92. The fourth-order valence-electron chi connectivity index (χ4n) is 3.15. The summed E-state index contributed by atoms with van der Waals surface area (Å²) in [6.45, 7) is 10.4. The van der Waals surface area contributed by atoms with Gasteiger partial charge in [0.2, 0.25) is 0 Å². The minimum atomic E-state index is -0.191. The molecule has 0 atom stereocenters. The van der Waals surface area contributed by atoms with E-state index in [9.17, 15) is 9.59 Å². The number of carbonyl (C=O) groups excluding carboxylic acids is 1. The van der Waals surface area contributed by atoms with Crippen molar-refractivity contribution in [2.24, 2.45) is 0 Å². The van der Waals surface area contributed by atoms with Crippen LogP contribution in [0.1, 0.15) is 16.3 Å². The van der Waals surface area contributed by atoms with Crippen LogP contribution in [0.5, 0.6) is 0 Å². The number of hydrogen-bond acceptors (Lipinski definition) is 6. The predicted octanol–water partition coefficient (Wildman–Crippen LogP) is 0.0382. The van der Waals surface area contributed by atoms with E-state index in [1.165, 1.54) is 12.1 Å². The summed E-state index contributed by atoms with van der Waals surface area (Å²) in [7, 11) is 0. The molecule has 3 heterocycles. The van der Waals surface area contributed by atoms with Gasteiger partial charge in [0.25, 0.3) is 5.91 Å². The highest BCUT2D eigenvalue weighted by Gasteiger charge is 2.24. The molecule has 0 saturated carbocycles. The number of rotatable bonds is 4. The van der Waals surface area contributed by atoms with Crippen molar-refractivity contribution in [3.05, 3.63) is 33.9 Å². The van der Waals surface area contributed by atoms with E-state index in [0.29, 0.717) is 18.8 Å². The topological polar surface area (TPSA) is 66.2 Å². The fraction of sp³-hybridized carbons (Fsp3) is 0.647. The Hall–Kier alpha value is -1.70. The van der Waals surface area contributed by atoms with Gasteiger partial charge in [0, 0.05) is 64.5 Å². The van der Waals surface area contributed by atoms with Crippen LogP contribution in [0.25, 0.3) is 0 Å². The third-order valence-corrected chi connectivity index (χ3v) is 4.60. The molecule has 132 valence electrons. The predicted molar refractivity (Wildman–Crippen MR) is 89.3 cm³/mol. The first-order valence-electron chi connectivity index (χ1n) is 8.55. The van der Waals surface area contributed by atoms with Crippen molar-refractivity contribution in [2.45, 2.75) is 6.92 Å². The molecule has 0 aliphatic carbocycles. The van der Waals surface area contributed by atoms with E-state index in [1.54, 1.807) is 11.8 Å². The summed E-state index contributed by atoms with van der Waals surface area (Å²) in [6.07, 6.45) is 0. The Morgan fingerprint density at radius 3 is 2.25 bits per heavy atom. The minimum Gasteiger partial charge on any atom is -0.456 e. The maximum absolute atomic E-state index is 12.5. The van der Waals surface area contributed by atoms with Gasteiger partial charge in [-0.05, 0) is 6.92 Å². The van der Waals surface area contributed by atoms with Crippen LogP contribution in [-0.2, 0) is 4.74 Å². The van der Waals surface area contributed by atoms with Crippen LogP contribution < -0.4 is 5.43 Å². The van der Waals surface area contributed by atoms with Crippen molar-refractivity contribution in [1.29, 1.82) is 0 Å². The normalized spacial score (nSPS) is 20.3. The maximum Gasteiger partial charge on any atom is 0.289 e. The largest absolute Gasteiger partial charge is 0.456 e. The van der Waals surface area contributed by atoms with Gasteiger partial charge in [0.15, 0.2) is 11.2 Å². The summed E-state index contributed by atoms with van der Waals surface area (Å²) in [6, 6.07) is 2.67. The highest BCUT2D eigenvalue weighted by Crippen LogP contribution is 2.09. The molecule has 2 aliphatic rings. The Bertz CT molecular complexity index is 617. The fourth-order valence-corrected chi connectivity index (χ4v) is 3.15. The quantitative estimate of drug-likeness (QED) is 0.774. The maximum atomic E-state index is 12.5. The molecular weight excluding hydrogens is 310 g/mol. The molecule has 0 N–H and O–H groups in total. The SMILES string of the molecule is Cc1cc(=O)cc(C(=O)N2CCN(CCN3CCOCC3)CC2)o1. The lowest BCUT2D eigenvalue weighted by Crippen LogP contribution is -2.51. The third-order valence-electron chi connectivity index (χ3n) is 4.60. The van der Waals surface area contributed by atoms with Gasteiger partial charge in [-0.1, -0.05) is 0 Å². The first-order valence-corrected chi connectivity index (χ1v) is 8.55. The van der Waals surface area contributed by atoms with Crippen LogP contribution in [0.2, 0.25) is 0 Å². The zero-order chi connectivity index (χ0) is 16.9. The van der Waals surface area contributed by atoms with Gasteiger partial charge in [0.05, 0.1) is 13.2 Å². The molecule has 2 aliphatic heterocycles. The second-order valence-corrected chi connectivity index (χ2v) is 6.36. The number of nitrogens with zero attached hydrogens (tertiary/aromatic N) is 3. The number of piperazine rings is 1. The molecule has 7 nitrogen and oxygen atoms in total. The number of hydrogen-bond donors (Lipinski definition) is 0. The standard InChI is InChI=1S/C17H25N3O4/c1-14-12-15(21)13-16(24-14)17(22)20-6-4-18(5-7-20)2-3-19-8-10-23-11-9-19/h12-13H,2-11H2,1H3. The number of aryl methyl sites for hydroxylation is 1. The summed E-state index contributed by atoms with van der Waals surface area (Å²) in [5.41, 5.74) is -0.189. The van der Waals surface area contributed by atoms with E-state index in [4.69, 9.17) is 9.15 Å². The van der Waals surface area contributed by atoms with Crippen molar-refractivity contribution in [2.75, 3.05) is 65.6 Å². The minimum absolute atomic E-state index is 0.141. The molecular formula is C17H25N3O4. The van der Waals surface area contributed by atoms with Crippen LogP contribution in [0.15, 0.2) is 21.3 Å². The molecule has 1 aromatic heterocycles.